The number of nitrogens with one attached hydrogen (secondary N) is 1. The Morgan fingerprint density at radius 2 is 2.00 bits per heavy atom. The number of ether oxygens (including phenoxy) is 2. The van der Waals surface area contributed by atoms with Gasteiger partial charge in [-0.2, -0.15) is 0 Å². The number of H-pyrrole nitrogens is 1. The lowest BCUT2D eigenvalue weighted by Crippen LogP contribution is -2.28. The van der Waals surface area contributed by atoms with Gasteiger partial charge in [-0.05, 0) is 32.3 Å². The predicted molar refractivity (Wildman–Crippen MR) is 98.6 cm³/mol. The molecule has 0 bridgehead atoms. The Bertz CT molecular complexity index is 885. The molecule has 4 rings (SSSR count). The molecule has 2 aromatic carbocycles. The van der Waals surface area contributed by atoms with Crippen molar-refractivity contribution in [3.05, 3.63) is 30.3 Å². The van der Waals surface area contributed by atoms with Crippen LogP contribution in [0.1, 0.15) is 0 Å². The van der Waals surface area contributed by atoms with Crippen molar-refractivity contribution in [2.24, 2.45) is 0 Å². The second kappa shape index (κ2) is 5.91. The van der Waals surface area contributed by atoms with Gasteiger partial charge in [-0.15, -0.1) is 0 Å². The molecule has 0 atom stereocenters. The Hall–Kier alpha value is -2.40. The molecule has 0 aliphatic carbocycles. The molecule has 1 aliphatic heterocycles. The SMILES string of the molecule is CN(C)CCOc1cccc2c1[nH]c1c3c(ccc12)N(C)CCO3. The molecular weight excluding hydrogens is 302 g/mol. The molecule has 1 aliphatic rings. The minimum absolute atomic E-state index is 0.665. The number of anilines is 1. The fourth-order valence-electron chi connectivity index (χ4n) is 3.24. The van der Waals surface area contributed by atoms with Crippen LogP contribution in [-0.4, -0.2) is 57.3 Å². The fourth-order valence-corrected chi connectivity index (χ4v) is 3.24. The van der Waals surface area contributed by atoms with Crippen LogP contribution in [0.5, 0.6) is 11.5 Å². The summed E-state index contributed by atoms with van der Waals surface area (Å²) in [6, 6.07) is 10.5. The van der Waals surface area contributed by atoms with E-state index in [1.807, 2.05) is 26.2 Å². The molecule has 24 heavy (non-hydrogen) atoms. The first-order valence-corrected chi connectivity index (χ1v) is 8.34. The summed E-state index contributed by atoms with van der Waals surface area (Å²) in [6.07, 6.45) is 0. The summed E-state index contributed by atoms with van der Waals surface area (Å²) < 4.78 is 12.0. The number of likely N-dealkylation sites (N-methyl/N-ethyl adjacent to an activating group) is 2. The maximum atomic E-state index is 6.00. The summed E-state index contributed by atoms with van der Waals surface area (Å²) in [5, 5.41) is 2.35. The van der Waals surface area contributed by atoms with E-state index < -0.39 is 0 Å². The van der Waals surface area contributed by atoms with Gasteiger partial charge in [0.15, 0.2) is 5.75 Å². The van der Waals surface area contributed by atoms with E-state index in [0.29, 0.717) is 13.2 Å². The number of hydrogen-bond donors (Lipinski definition) is 1. The Morgan fingerprint density at radius 1 is 1.17 bits per heavy atom. The zero-order valence-electron chi connectivity index (χ0n) is 14.4. The fraction of sp³-hybridized carbons (Fsp3) is 0.368. The molecule has 5 heteroatoms. The number of benzene rings is 2. The van der Waals surface area contributed by atoms with Crippen molar-refractivity contribution >= 4 is 27.5 Å². The van der Waals surface area contributed by atoms with Gasteiger partial charge in [-0.3, -0.25) is 0 Å². The average molecular weight is 325 g/mol. The van der Waals surface area contributed by atoms with Gasteiger partial charge < -0.3 is 24.3 Å². The van der Waals surface area contributed by atoms with Gasteiger partial charge in [0.1, 0.15) is 19.0 Å². The number of para-hydroxylation sites is 1. The van der Waals surface area contributed by atoms with Crippen molar-refractivity contribution in [3.63, 3.8) is 0 Å². The summed E-state index contributed by atoms with van der Waals surface area (Å²) in [7, 11) is 6.20. The molecule has 0 amide bonds. The molecular formula is C19H23N3O2. The summed E-state index contributed by atoms with van der Waals surface area (Å²) in [6.45, 7) is 3.18. The van der Waals surface area contributed by atoms with Crippen molar-refractivity contribution in [2.45, 2.75) is 0 Å². The number of fused-ring (bicyclic) bond motifs is 5. The molecule has 0 radical (unpaired) electrons. The molecule has 3 aromatic rings. The number of nitrogens with zero attached hydrogens (tertiary/aromatic N) is 2. The second-order valence-electron chi connectivity index (χ2n) is 6.56. The zero-order chi connectivity index (χ0) is 16.7. The van der Waals surface area contributed by atoms with Crippen molar-refractivity contribution in [3.8, 4) is 11.5 Å². The van der Waals surface area contributed by atoms with E-state index in [9.17, 15) is 0 Å². The highest BCUT2D eigenvalue weighted by molar-refractivity contribution is 6.12. The van der Waals surface area contributed by atoms with E-state index in [1.54, 1.807) is 0 Å². The van der Waals surface area contributed by atoms with E-state index in [4.69, 9.17) is 9.47 Å². The van der Waals surface area contributed by atoms with E-state index >= 15 is 0 Å². The minimum Gasteiger partial charge on any atom is -0.490 e. The third-order valence-electron chi connectivity index (χ3n) is 4.58. The van der Waals surface area contributed by atoms with Crippen LogP contribution in [0.4, 0.5) is 5.69 Å². The van der Waals surface area contributed by atoms with Crippen LogP contribution in [0.15, 0.2) is 30.3 Å². The van der Waals surface area contributed by atoms with E-state index in [1.165, 1.54) is 10.8 Å². The number of aromatic amines is 1. The Morgan fingerprint density at radius 3 is 2.83 bits per heavy atom. The molecule has 1 N–H and O–H groups in total. The third-order valence-corrected chi connectivity index (χ3v) is 4.58. The first-order valence-electron chi connectivity index (χ1n) is 8.34. The first kappa shape index (κ1) is 15.1. The van der Waals surface area contributed by atoms with Gasteiger partial charge in [-0.25, -0.2) is 0 Å². The third kappa shape index (κ3) is 2.45. The normalized spacial score (nSPS) is 14.2. The van der Waals surface area contributed by atoms with Crippen LogP contribution in [0.25, 0.3) is 21.8 Å². The molecule has 0 saturated carbocycles. The summed E-state index contributed by atoms with van der Waals surface area (Å²) >= 11 is 0. The molecule has 0 unspecified atom stereocenters. The molecule has 0 saturated heterocycles. The predicted octanol–water partition coefficient (Wildman–Crippen LogP) is 3.09. The van der Waals surface area contributed by atoms with Crippen LogP contribution in [0.3, 0.4) is 0 Å². The highest BCUT2D eigenvalue weighted by atomic mass is 16.5. The maximum Gasteiger partial charge on any atom is 0.166 e. The van der Waals surface area contributed by atoms with Crippen LogP contribution in [-0.2, 0) is 0 Å². The Kier molecular flexibility index (Phi) is 3.73. The topological polar surface area (TPSA) is 40.7 Å². The van der Waals surface area contributed by atoms with Crippen LogP contribution in [0.2, 0.25) is 0 Å². The van der Waals surface area contributed by atoms with Crippen LogP contribution < -0.4 is 14.4 Å². The van der Waals surface area contributed by atoms with Gasteiger partial charge in [0, 0.05) is 24.4 Å². The average Bonchev–Trinajstić information content (AvgIpc) is 2.95. The zero-order valence-corrected chi connectivity index (χ0v) is 14.4. The lowest BCUT2D eigenvalue weighted by molar-refractivity contribution is 0.263. The first-order chi connectivity index (χ1) is 11.6. The van der Waals surface area contributed by atoms with Gasteiger partial charge in [0.25, 0.3) is 0 Å². The number of hydrogen-bond acceptors (Lipinski definition) is 4. The van der Waals surface area contributed by atoms with E-state index in [0.717, 1.165) is 41.3 Å². The highest BCUT2D eigenvalue weighted by Crippen LogP contribution is 2.41. The van der Waals surface area contributed by atoms with Crippen molar-refractivity contribution in [1.82, 2.24) is 9.88 Å². The van der Waals surface area contributed by atoms with E-state index in [2.05, 4.69) is 40.0 Å². The van der Waals surface area contributed by atoms with Gasteiger partial charge in [0.2, 0.25) is 0 Å². The molecule has 126 valence electrons. The minimum atomic E-state index is 0.665. The van der Waals surface area contributed by atoms with E-state index in [-0.39, 0.29) is 0 Å². The summed E-state index contributed by atoms with van der Waals surface area (Å²) in [5.41, 5.74) is 3.23. The number of aromatic nitrogens is 1. The van der Waals surface area contributed by atoms with Crippen molar-refractivity contribution in [2.75, 3.05) is 52.3 Å². The highest BCUT2D eigenvalue weighted by Gasteiger charge is 2.20. The molecule has 2 heterocycles. The van der Waals surface area contributed by atoms with Crippen molar-refractivity contribution in [1.29, 1.82) is 0 Å². The molecule has 5 nitrogen and oxygen atoms in total. The van der Waals surface area contributed by atoms with Gasteiger partial charge in [0.05, 0.1) is 23.3 Å². The summed E-state index contributed by atoms with van der Waals surface area (Å²) in [4.78, 5) is 7.89. The van der Waals surface area contributed by atoms with Crippen LogP contribution in [0, 0.1) is 0 Å². The Balaban J connectivity index is 1.82. The lowest BCUT2D eigenvalue weighted by atomic mass is 10.1. The van der Waals surface area contributed by atoms with Crippen molar-refractivity contribution < 1.29 is 9.47 Å². The smallest absolute Gasteiger partial charge is 0.166 e. The largest absolute Gasteiger partial charge is 0.490 e. The quantitative estimate of drug-likeness (QED) is 0.800. The van der Waals surface area contributed by atoms with Crippen LogP contribution >= 0.6 is 0 Å². The number of rotatable bonds is 4. The summed E-state index contributed by atoms with van der Waals surface area (Å²) in [5.74, 6) is 1.83. The molecule has 1 aromatic heterocycles. The maximum absolute atomic E-state index is 6.00. The monoisotopic (exact) mass is 325 g/mol. The van der Waals surface area contributed by atoms with Gasteiger partial charge in [-0.1, -0.05) is 12.1 Å². The molecule has 0 spiro atoms. The Labute approximate surface area is 141 Å². The molecule has 0 fully saturated rings. The van der Waals surface area contributed by atoms with Gasteiger partial charge >= 0.3 is 0 Å². The standard InChI is InChI=1S/C19H23N3O2/c1-21(2)9-11-23-16-6-4-5-13-14-7-8-15-19(18(14)20-17(13)16)24-12-10-22(15)3/h4-8,20H,9-12H2,1-3H3. The lowest BCUT2D eigenvalue weighted by Gasteiger charge is -2.27. The second-order valence-corrected chi connectivity index (χ2v) is 6.56.